The van der Waals surface area contributed by atoms with Crippen molar-refractivity contribution < 1.29 is 41.7 Å². The summed E-state index contributed by atoms with van der Waals surface area (Å²) in [5.74, 6) is -0.902. The van der Waals surface area contributed by atoms with Crippen LogP contribution >= 0.6 is 0 Å². The Labute approximate surface area is 263 Å². The number of nitrogens with zero attached hydrogens (tertiary/aromatic N) is 8. The minimum Gasteiger partial charge on any atom is -0.443 e. The Kier molecular flexibility index (Phi) is 9.10. The highest BCUT2D eigenvalue weighted by Gasteiger charge is 2.41. The maximum atomic E-state index is 14.7. The fourth-order valence-corrected chi connectivity index (χ4v) is 4.88. The Morgan fingerprint density at radius 2 is 1.57 bits per heavy atom. The van der Waals surface area contributed by atoms with Gasteiger partial charge in [-0.2, -0.15) is 13.2 Å². The van der Waals surface area contributed by atoms with Crippen molar-refractivity contribution in [1.82, 2.24) is 29.5 Å². The second-order valence-electron chi connectivity index (χ2n) is 12.8. The molecule has 2 amide bonds. The van der Waals surface area contributed by atoms with Crippen LogP contribution in [-0.4, -0.2) is 85.8 Å². The molecule has 1 atom stereocenters. The second-order valence-corrected chi connectivity index (χ2v) is 12.8. The summed E-state index contributed by atoms with van der Waals surface area (Å²) in [6.45, 7) is 11.4. The van der Waals surface area contributed by atoms with E-state index in [0.29, 0.717) is 50.7 Å². The number of halogens is 3. The summed E-state index contributed by atoms with van der Waals surface area (Å²) in [5, 5.41) is 0. The van der Waals surface area contributed by atoms with Crippen molar-refractivity contribution in [3.8, 4) is 11.4 Å². The van der Waals surface area contributed by atoms with Crippen molar-refractivity contribution in [3.05, 3.63) is 18.2 Å². The van der Waals surface area contributed by atoms with E-state index < -0.39 is 53.0 Å². The van der Waals surface area contributed by atoms with Gasteiger partial charge in [0.15, 0.2) is 28.5 Å². The third kappa shape index (κ3) is 7.46. The molecule has 0 N–H and O–H groups in total. The molecule has 3 aromatic rings. The zero-order valence-electron chi connectivity index (χ0n) is 26.5. The van der Waals surface area contributed by atoms with Gasteiger partial charge < -0.3 is 23.8 Å². The molecule has 0 radical (unpaired) electrons. The maximum absolute atomic E-state index is 14.7. The second kappa shape index (κ2) is 12.6. The van der Waals surface area contributed by atoms with Crippen LogP contribution in [0.1, 0.15) is 72.7 Å². The number of imide groups is 1. The lowest BCUT2D eigenvalue weighted by molar-refractivity contribution is -0.140. The lowest BCUT2D eigenvalue weighted by Crippen LogP contribution is -2.44. The van der Waals surface area contributed by atoms with E-state index in [1.54, 1.807) is 10.9 Å². The summed E-state index contributed by atoms with van der Waals surface area (Å²) in [4.78, 5) is 49.6. The summed E-state index contributed by atoms with van der Waals surface area (Å²) >= 11 is 0. The lowest BCUT2D eigenvalue weighted by atomic mass is 10.2. The SMILES string of the molecule is CC(C)(C)OC(=O)N(C(=O)OC(C)(C)C)c1ncc(-c2nc(N3CCOCC3)c3ncn(C4CCCCO4)c3n2)c(C(F)(F)F)n1. The van der Waals surface area contributed by atoms with E-state index in [-0.39, 0.29) is 16.4 Å². The zero-order valence-corrected chi connectivity index (χ0v) is 26.5. The van der Waals surface area contributed by atoms with Gasteiger partial charge in [-0.1, -0.05) is 0 Å². The van der Waals surface area contributed by atoms with E-state index in [2.05, 4.69) is 24.9 Å². The van der Waals surface area contributed by atoms with Gasteiger partial charge in [-0.05, 0) is 60.8 Å². The van der Waals surface area contributed by atoms with Gasteiger partial charge in [0.1, 0.15) is 17.4 Å². The van der Waals surface area contributed by atoms with Gasteiger partial charge in [-0.15, -0.1) is 4.90 Å². The third-order valence-corrected chi connectivity index (χ3v) is 6.82. The van der Waals surface area contributed by atoms with Crippen molar-refractivity contribution in [3.63, 3.8) is 0 Å². The number of morpholine rings is 1. The van der Waals surface area contributed by atoms with Crippen LogP contribution in [0.15, 0.2) is 12.5 Å². The quantitative estimate of drug-likeness (QED) is 0.351. The zero-order chi connectivity index (χ0) is 33.4. The van der Waals surface area contributed by atoms with E-state index in [1.165, 1.54) is 41.5 Å². The van der Waals surface area contributed by atoms with E-state index in [9.17, 15) is 22.8 Å². The van der Waals surface area contributed by atoms with Crippen molar-refractivity contribution in [2.45, 2.75) is 84.4 Å². The fourth-order valence-electron chi connectivity index (χ4n) is 4.88. The van der Waals surface area contributed by atoms with Crippen LogP contribution in [0.4, 0.5) is 34.5 Å². The highest BCUT2D eigenvalue weighted by atomic mass is 19.4. The first kappa shape index (κ1) is 33.2. The Balaban J connectivity index is 1.67. The van der Waals surface area contributed by atoms with E-state index in [1.807, 2.05) is 4.90 Å². The normalized spacial score (nSPS) is 18.0. The number of amides is 2. The number of aromatic nitrogens is 6. The van der Waals surface area contributed by atoms with E-state index >= 15 is 0 Å². The largest absolute Gasteiger partial charge is 0.443 e. The Morgan fingerprint density at radius 1 is 0.913 bits per heavy atom. The Bertz CT molecular complexity index is 1560. The molecule has 0 saturated carbocycles. The first-order valence-electron chi connectivity index (χ1n) is 14.9. The number of anilines is 2. The summed E-state index contributed by atoms with van der Waals surface area (Å²) < 4.78 is 67.9. The molecule has 17 heteroatoms. The topological polar surface area (TPSA) is 147 Å². The number of rotatable bonds is 4. The van der Waals surface area contributed by atoms with Gasteiger partial charge >= 0.3 is 18.4 Å². The van der Waals surface area contributed by atoms with Crippen LogP contribution in [-0.2, 0) is 25.1 Å². The molecule has 2 fully saturated rings. The minimum atomic E-state index is -5.08. The number of imidazole rings is 1. The molecule has 2 aliphatic rings. The predicted octanol–water partition coefficient (Wildman–Crippen LogP) is 5.51. The molecule has 0 aliphatic carbocycles. The van der Waals surface area contributed by atoms with Crippen molar-refractivity contribution in [2.75, 3.05) is 42.7 Å². The number of hydrogen-bond donors (Lipinski definition) is 0. The summed E-state index contributed by atoms with van der Waals surface area (Å²) in [7, 11) is 0. The van der Waals surface area contributed by atoms with Gasteiger partial charge in [-0.25, -0.2) is 34.5 Å². The first-order chi connectivity index (χ1) is 21.5. The summed E-state index contributed by atoms with van der Waals surface area (Å²) in [5.41, 5.74) is -3.57. The minimum absolute atomic E-state index is 0.230. The molecule has 5 heterocycles. The molecule has 14 nitrogen and oxygen atoms in total. The predicted molar refractivity (Wildman–Crippen MR) is 158 cm³/mol. The van der Waals surface area contributed by atoms with Crippen molar-refractivity contribution in [2.24, 2.45) is 0 Å². The number of hydrogen-bond acceptors (Lipinski definition) is 12. The molecule has 2 saturated heterocycles. The number of fused-ring (bicyclic) bond motifs is 1. The molecular weight excluding hydrogens is 613 g/mol. The monoisotopic (exact) mass is 650 g/mol. The molecule has 2 aliphatic heterocycles. The summed E-state index contributed by atoms with van der Waals surface area (Å²) in [6.07, 6.45) is -3.27. The molecule has 250 valence electrons. The van der Waals surface area contributed by atoms with Crippen LogP contribution in [0.2, 0.25) is 0 Å². The van der Waals surface area contributed by atoms with Crippen LogP contribution in [0.5, 0.6) is 0 Å². The van der Waals surface area contributed by atoms with Crippen LogP contribution in [0, 0.1) is 0 Å². The standard InChI is InChI=1S/C29H37F3N8O6/c1-27(2,3)45-25(41)40(26(42)46-28(4,5)6)24-33-15-17(20(35-24)29(30,31)32)21-36-22(38-10-13-43-14-11-38)19-23(37-21)39(16-34-19)18-9-7-8-12-44-18/h15-16,18H,7-14H2,1-6H3. The lowest BCUT2D eigenvalue weighted by Gasteiger charge is -2.29. The fraction of sp³-hybridized carbons (Fsp3) is 0.621. The average Bonchev–Trinajstić information content (AvgIpc) is 3.39. The Hall–Kier alpha value is -4.12. The van der Waals surface area contributed by atoms with Gasteiger partial charge in [-0.3, -0.25) is 4.57 Å². The molecule has 1 unspecified atom stereocenters. The van der Waals surface area contributed by atoms with Crippen LogP contribution < -0.4 is 9.80 Å². The number of ether oxygens (including phenoxy) is 4. The van der Waals surface area contributed by atoms with E-state index in [0.717, 1.165) is 19.0 Å². The molecule has 5 rings (SSSR count). The molecule has 0 bridgehead atoms. The maximum Gasteiger partial charge on any atom is 0.434 e. The van der Waals surface area contributed by atoms with Gasteiger partial charge in [0.05, 0.1) is 25.1 Å². The molecule has 0 spiro atoms. The van der Waals surface area contributed by atoms with Crippen molar-refractivity contribution in [1.29, 1.82) is 0 Å². The third-order valence-electron chi connectivity index (χ3n) is 6.82. The number of carbonyl (C=O) groups is 2. The van der Waals surface area contributed by atoms with Crippen LogP contribution in [0.25, 0.3) is 22.6 Å². The molecule has 0 aromatic carbocycles. The van der Waals surface area contributed by atoms with E-state index in [4.69, 9.17) is 18.9 Å². The average molecular weight is 651 g/mol. The molecular formula is C29H37F3N8O6. The highest BCUT2D eigenvalue weighted by Crippen LogP contribution is 2.38. The van der Waals surface area contributed by atoms with Crippen LogP contribution in [0.3, 0.4) is 0 Å². The number of alkyl halides is 3. The van der Waals surface area contributed by atoms with Gasteiger partial charge in [0.25, 0.3) is 0 Å². The Morgan fingerprint density at radius 3 is 2.13 bits per heavy atom. The first-order valence-corrected chi connectivity index (χ1v) is 14.9. The smallest absolute Gasteiger partial charge is 0.434 e. The number of carbonyl (C=O) groups excluding carboxylic acids is 2. The van der Waals surface area contributed by atoms with Gasteiger partial charge in [0.2, 0.25) is 5.95 Å². The molecule has 46 heavy (non-hydrogen) atoms. The molecule has 3 aromatic heterocycles. The van der Waals surface area contributed by atoms with Gasteiger partial charge in [0, 0.05) is 25.9 Å². The summed E-state index contributed by atoms with van der Waals surface area (Å²) in [6, 6.07) is 0. The van der Waals surface area contributed by atoms with Crippen molar-refractivity contribution >= 4 is 35.1 Å². The highest BCUT2D eigenvalue weighted by molar-refractivity contribution is 6.08.